The topological polar surface area (TPSA) is 55.6 Å². The molecule has 0 amide bonds. The lowest BCUT2D eigenvalue weighted by atomic mass is 9.85. The highest BCUT2D eigenvalue weighted by Gasteiger charge is 2.43. The van der Waals surface area contributed by atoms with Crippen molar-refractivity contribution in [1.82, 2.24) is 20.2 Å². The largest absolute Gasteiger partial charge is 0.372 e. The maximum absolute atomic E-state index is 6.42. The molecule has 3 aromatic rings. The van der Waals surface area contributed by atoms with E-state index in [4.69, 9.17) is 23.2 Å². The van der Waals surface area contributed by atoms with E-state index in [1.165, 1.54) is 5.56 Å². The van der Waals surface area contributed by atoms with Crippen LogP contribution < -0.4 is 5.32 Å². The number of tetrazole rings is 1. The van der Waals surface area contributed by atoms with Gasteiger partial charge in [-0.3, -0.25) is 0 Å². The first-order valence-electron chi connectivity index (χ1n) is 11.4. The van der Waals surface area contributed by atoms with Gasteiger partial charge in [-0.05, 0) is 64.9 Å². The molecule has 7 heteroatoms. The standard InChI is InChI=1S/C26H31Cl2N5/c1-18-9-5-6-10-22(18)29-26(15-7-8-16-26)24-30-31-32-33(24)23(25(2,3)4)14-12-19-11-13-20(27)17-21(19)28/h5-6,9-14,17,23,29H,7-8,15-16H2,1-4H3/b14-12+/t23-/m0/s1. The minimum Gasteiger partial charge on any atom is -0.372 e. The molecule has 1 saturated carbocycles. The van der Waals surface area contributed by atoms with Crippen LogP contribution in [0, 0.1) is 12.3 Å². The second-order valence-electron chi connectivity index (χ2n) is 10.0. The van der Waals surface area contributed by atoms with Crippen LogP contribution in [0.15, 0.2) is 48.5 Å². The zero-order valence-corrected chi connectivity index (χ0v) is 21.2. The molecule has 0 radical (unpaired) electrons. The maximum Gasteiger partial charge on any atom is 0.177 e. The van der Waals surface area contributed by atoms with Gasteiger partial charge in [0.1, 0.15) is 0 Å². The first-order chi connectivity index (χ1) is 15.7. The Labute approximate surface area is 206 Å². The SMILES string of the molecule is Cc1ccccc1NC1(c2nnnn2[C@@H](/C=C/c2ccc(Cl)cc2Cl)C(C)(C)C)CCCC1. The van der Waals surface area contributed by atoms with Crippen molar-refractivity contribution in [2.24, 2.45) is 5.41 Å². The average Bonchev–Trinajstić information content (AvgIpc) is 3.41. The van der Waals surface area contributed by atoms with Crippen molar-refractivity contribution in [3.05, 3.63) is 75.5 Å². The van der Waals surface area contributed by atoms with Crippen molar-refractivity contribution in [3.8, 4) is 0 Å². The minimum absolute atomic E-state index is 0.0645. The summed E-state index contributed by atoms with van der Waals surface area (Å²) in [7, 11) is 0. The lowest BCUT2D eigenvalue weighted by molar-refractivity contribution is 0.254. The summed E-state index contributed by atoms with van der Waals surface area (Å²) in [5.41, 5.74) is 2.84. The lowest BCUT2D eigenvalue weighted by Crippen LogP contribution is -2.38. The molecule has 4 rings (SSSR count). The van der Waals surface area contributed by atoms with Crippen molar-refractivity contribution in [1.29, 1.82) is 0 Å². The van der Waals surface area contributed by atoms with E-state index in [1.807, 2.05) is 22.9 Å². The van der Waals surface area contributed by atoms with Crippen molar-refractivity contribution in [3.63, 3.8) is 0 Å². The van der Waals surface area contributed by atoms with Crippen molar-refractivity contribution < 1.29 is 0 Å². The molecule has 1 fully saturated rings. The molecule has 174 valence electrons. The molecule has 0 spiro atoms. The summed E-state index contributed by atoms with van der Waals surface area (Å²) < 4.78 is 2.00. The fourth-order valence-corrected chi connectivity index (χ4v) is 5.09. The summed E-state index contributed by atoms with van der Waals surface area (Å²) in [4.78, 5) is 0. The van der Waals surface area contributed by atoms with Gasteiger partial charge in [-0.1, -0.05) is 93.2 Å². The zero-order valence-electron chi connectivity index (χ0n) is 19.6. The van der Waals surface area contributed by atoms with Gasteiger partial charge in [-0.15, -0.1) is 5.10 Å². The number of aryl methyl sites for hydroxylation is 1. The number of benzene rings is 2. The third kappa shape index (κ3) is 5.10. The second kappa shape index (κ2) is 9.47. The van der Waals surface area contributed by atoms with Crippen LogP contribution in [0.1, 0.15) is 69.4 Å². The van der Waals surface area contributed by atoms with E-state index in [-0.39, 0.29) is 17.0 Å². The zero-order chi connectivity index (χ0) is 23.6. The molecular weight excluding hydrogens is 453 g/mol. The number of para-hydroxylation sites is 1. The minimum atomic E-state index is -0.301. The highest BCUT2D eigenvalue weighted by molar-refractivity contribution is 6.35. The van der Waals surface area contributed by atoms with Gasteiger partial charge < -0.3 is 5.32 Å². The molecule has 33 heavy (non-hydrogen) atoms. The second-order valence-corrected chi connectivity index (χ2v) is 10.9. The van der Waals surface area contributed by atoms with Crippen LogP contribution in [0.2, 0.25) is 10.0 Å². The molecular formula is C26H31Cl2N5. The van der Waals surface area contributed by atoms with Gasteiger partial charge in [0.15, 0.2) is 5.82 Å². The molecule has 5 nitrogen and oxygen atoms in total. The highest BCUT2D eigenvalue weighted by atomic mass is 35.5. The van der Waals surface area contributed by atoms with Gasteiger partial charge in [-0.25, -0.2) is 4.68 Å². The number of allylic oxidation sites excluding steroid dienone is 1. The third-order valence-corrected chi connectivity index (χ3v) is 7.03. The summed E-state index contributed by atoms with van der Waals surface area (Å²) in [6, 6.07) is 13.9. The Morgan fingerprint density at radius 3 is 2.48 bits per heavy atom. The molecule has 0 aliphatic heterocycles. The smallest absolute Gasteiger partial charge is 0.177 e. The first-order valence-corrected chi connectivity index (χ1v) is 12.2. The quantitative estimate of drug-likeness (QED) is 0.394. The van der Waals surface area contributed by atoms with E-state index in [1.54, 1.807) is 6.07 Å². The fourth-order valence-electron chi connectivity index (χ4n) is 4.62. The van der Waals surface area contributed by atoms with E-state index in [9.17, 15) is 0 Å². The van der Waals surface area contributed by atoms with Gasteiger partial charge in [0.25, 0.3) is 0 Å². The summed E-state index contributed by atoms with van der Waals surface area (Å²) in [6.45, 7) is 8.73. The first kappa shape index (κ1) is 23.8. The van der Waals surface area contributed by atoms with Crippen molar-refractivity contribution in [2.45, 2.75) is 65.0 Å². The molecule has 0 unspecified atom stereocenters. The Kier molecular flexibility index (Phi) is 6.83. The number of hydrogen-bond acceptors (Lipinski definition) is 4. The summed E-state index contributed by atoms with van der Waals surface area (Å²) >= 11 is 12.5. The molecule has 0 bridgehead atoms. The summed E-state index contributed by atoms with van der Waals surface area (Å²) in [6.07, 6.45) is 8.45. The van der Waals surface area contributed by atoms with Crippen LogP contribution in [0.25, 0.3) is 6.08 Å². The normalized spacial score (nSPS) is 16.9. The van der Waals surface area contributed by atoms with Gasteiger partial charge in [0.2, 0.25) is 0 Å². The molecule has 1 heterocycles. The number of rotatable bonds is 6. The highest BCUT2D eigenvalue weighted by Crippen LogP contribution is 2.43. The number of nitrogens with one attached hydrogen (secondary N) is 1. The van der Waals surface area contributed by atoms with Crippen LogP contribution in [0.3, 0.4) is 0 Å². The lowest BCUT2D eigenvalue weighted by Gasteiger charge is -2.35. The van der Waals surface area contributed by atoms with Crippen LogP contribution in [-0.2, 0) is 5.54 Å². The van der Waals surface area contributed by atoms with E-state index < -0.39 is 0 Å². The van der Waals surface area contributed by atoms with E-state index in [0.717, 1.165) is 42.8 Å². The Hall–Kier alpha value is -2.37. The number of hydrogen-bond donors (Lipinski definition) is 1. The Bertz CT molecular complexity index is 1140. The summed E-state index contributed by atoms with van der Waals surface area (Å²) in [5, 5.41) is 18.3. The molecule has 0 saturated heterocycles. The van der Waals surface area contributed by atoms with Crippen LogP contribution >= 0.6 is 23.2 Å². The molecule has 1 aliphatic rings. The van der Waals surface area contributed by atoms with Gasteiger partial charge in [0, 0.05) is 15.7 Å². The molecule has 1 aromatic heterocycles. The van der Waals surface area contributed by atoms with Crippen LogP contribution in [0.5, 0.6) is 0 Å². The number of nitrogens with zero attached hydrogens (tertiary/aromatic N) is 4. The van der Waals surface area contributed by atoms with Crippen LogP contribution in [0.4, 0.5) is 5.69 Å². The summed E-state index contributed by atoms with van der Waals surface area (Å²) in [5.74, 6) is 0.884. The molecule has 1 N–H and O–H groups in total. The van der Waals surface area contributed by atoms with E-state index in [2.05, 4.69) is 78.9 Å². The van der Waals surface area contributed by atoms with Crippen LogP contribution in [-0.4, -0.2) is 20.2 Å². The Balaban J connectivity index is 1.74. The maximum atomic E-state index is 6.42. The number of aromatic nitrogens is 4. The molecule has 1 atom stereocenters. The Morgan fingerprint density at radius 2 is 1.82 bits per heavy atom. The van der Waals surface area contributed by atoms with Gasteiger partial charge >= 0.3 is 0 Å². The number of halogens is 2. The molecule has 2 aromatic carbocycles. The predicted octanol–water partition coefficient (Wildman–Crippen LogP) is 7.47. The monoisotopic (exact) mass is 483 g/mol. The van der Waals surface area contributed by atoms with Gasteiger partial charge in [-0.2, -0.15) is 0 Å². The fraction of sp³-hybridized carbons (Fsp3) is 0.423. The third-order valence-electron chi connectivity index (χ3n) is 6.47. The Morgan fingerprint density at radius 1 is 1.09 bits per heavy atom. The average molecular weight is 484 g/mol. The van der Waals surface area contributed by atoms with E-state index >= 15 is 0 Å². The van der Waals surface area contributed by atoms with Gasteiger partial charge in [0.05, 0.1) is 11.6 Å². The van der Waals surface area contributed by atoms with Crippen molar-refractivity contribution in [2.75, 3.05) is 5.32 Å². The predicted molar refractivity (Wildman–Crippen MR) is 137 cm³/mol. The number of anilines is 1. The van der Waals surface area contributed by atoms with Crippen molar-refractivity contribution >= 4 is 35.0 Å². The van der Waals surface area contributed by atoms with E-state index in [0.29, 0.717) is 10.0 Å². The molecule has 1 aliphatic carbocycles.